The summed E-state index contributed by atoms with van der Waals surface area (Å²) in [5.74, 6) is 0.712. The predicted molar refractivity (Wildman–Crippen MR) is 102 cm³/mol. The molecule has 1 aromatic heterocycles. The minimum absolute atomic E-state index is 0.302. The molecule has 7 rings (SSSR count). The van der Waals surface area contributed by atoms with Crippen LogP contribution in [0.25, 0.3) is 21.7 Å². The van der Waals surface area contributed by atoms with Crippen molar-refractivity contribution in [2.45, 2.75) is 44.9 Å². The summed E-state index contributed by atoms with van der Waals surface area (Å²) in [6.45, 7) is 7.59. The number of aromatic nitrogens is 1. The van der Waals surface area contributed by atoms with Crippen molar-refractivity contribution in [3.8, 4) is 6.07 Å². The molecular weight excluding hydrogens is 316 g/mol. The fraction of sp³-hybridized carbons (Fsp3) is 0.417. The topological polar surface area (TPSA) is 36.7 Å². The van der Waals surface area contributed by atoms with Crippen LogP contribution in [-0.4, -0.2) is 4.98 Å². The van der Waals surface area contributed by atoms with Crippen LogP contribution in [0.2, 0.25) is 0 Å². The summed E-state index contributed by atoms with van der Waals surface area (Å²) in [6, 6.07) is 12.7. The van der Waals surface area contributed by atoms with E-state index >= 15 is 0 Å². The second-order valence-electron chi connectivity index (χ2n) is 9.80. The lowest BCUT2D eigenvalue weighted by atomic mass is 9.50. The van der Waals surface area contributed by atoms with E-state index in [9.17, 15) is 5.26 Å². The Morgan fingerprint density at radius 3 is 2.58 bits per heavy atom. The van der Waals surface area contributed by atoms with Gasteiger partial charge >= 0.3 is 0 Å². The highest BCUT2D eigenvalue weighted by atomic mass is 15.1. The van der Waals surface area contributed by atoms with Crippen molar-refractivity contribution in [2.75, 3.05) is 0 Å². The molecule has 2 heteroatoms. The number of pyridine rings is 1. The molecule has 5 atom stereocenters. The Bertz CT molecular complexity index is 1260. The van der Waals surface area contributed by atoms with Gasteiger partial charge in [0, 0.05) is 27.8 Å². The van der Waals surface area contributed by atoms with Gasteiger partial charge in [-0.25, -0.2) is 0 Å². The van der Waals surface area contributed by atoms with Crippen LogP contribution in [0.5, 0.6) is 0 Å². The number of nitrogens with zero attached hydrogens (tertiary/aromatic N) is 2. The molecular formula is C24H20N2. The first-order valence-electron chi connectivity index (χ1n) is 9.70. The summed E-state index contributed by atoms with van der Waals surface area (Å²) in [5, 5.41) is 12.9. The van der Waals surface area contributed by atoms with Crippen molar-refractivity contribution < 1.29 is 0 Å². The molecule has 4 aliphatic carbocycles. The molecule has 4 aliphatic rings. The van der Waals surface area contributed by atoms with E-state index in [4.69, 9.17) is 4.98 Å². The Balaban J connectivity index is 1.60. The van der Waals surface area contributed by atoms with Gasteiger partial charge in [0.2, 0.25) is 0 Å². The zero-order valence-electron chi connectivity index (χ0n) is 15.4. The third-order valence-corrected chi connectivity index (χ3v) is 9.58. The second-order valence-corrected chi connectivity index (χ2v) is 9.80. The first-order valence-corrected chi connectivity index (χ1v) is 9.70. The fourth-order valence-electron chi connectivity index (χ4n) is 9.01. The fourth-order valence-corrected chi connectivity index (χ4v) is 9.01. The lowest BCUT2D eigenvalue weighted by Crippen LogP contribution is -2.49. The Kier molecular flexibility index (Phi) is 1.80. The van der Waals surface area contributed by atoms with E-state index in [1.54, 1.807) is 5.56 Å². The molecule has 0 amide bonds. The molecule has 126 valence electrons. The van der Waals surface area contributed by atoms with E-state index in [1.807, 2.05) is 12.1 Å². The van der Waals surface area contributed by atoms with Gasteiger partial charge in [-0.1, -0.05) is 45.0 Å². The molecule has 0 N–H and O–H groups in total. The van der Waals surface area contributed by atoms with Gasteiger partial charge in [-0.05, 0) is 52.2 Å². The highest BCUT2D eigenvalue weighted by molar-refractivity contribution is 6.09. The standard InChI is InChI=1S/C24H20N2/c1-21-12-23(3)22(2)9-18(24(21,22)23)17-11-26-20-15-6-4-5-13(10-25)14(15)7-8-16(20)19(17)21/h4-8,11,18H,9,12H2,1-3H3. The van der Waals surface area contributed by atoms with Gasteiger partial charge in [0.25, 0.3) is 0 Å². The van der Waals surface area contributed by atoms with Crippen LogP contribution in [0.1, 0.15) is 56.2 Å². The number of benzene rings is 2. The molecule has 0 bridgehead atoms. The van der Waals surface area contributed by atoms with Gasteiger partial charge in [0.1, 0.15) is 0 Å². The molecule has 2 aromatic carbocycles. The molecule has 3 aromatic rings. The third-order valence-electron chi connectivity index (χ3n) is 9.58. The highest BCUT2D eigenvalue weighted by Gasteiger charge is 3.03. The van der Waals surface area contributed by atoms with Gasteiger partial charge in [0.05, 0.1) is 17.1 Å². The predicted octanol–water partition coefficient (Wildman–Crippen LogP) is 5.43. The van der Waals surface area contributed by atoms with Crippen LogP contribution in [0.3, 0.4) is 0 Å². The van der Waals surface area contributed by atoms with Crippen LogP contribution < -0.4 is 0 Å². The van der Waals surface area contributed by atoms with Crippen LogP contribution in [0.4, 0.5) is 0 Å². The number of nitriles is 1. The Morgan fingerprint density at radius 1 is 1.04 bits per heavy atom. The minimum atomic E-state index is 0.302. The van der Waals surface area contributed by atoms with Crippen LogP contribution in [0, 0.1) is 27.6 Å². The Morgan fingerprint density at radius 2 is 1.85 bits per heavy atom. The van der Waals surface area contributed by atoms with Gasteiger partial charge in [-0.3, -0.25) is 4.98 Å². The maximum atomic E-state index is 9.46. The Hall–Kier alpha value is -2.40. The normalized spacial score (nSPS) is 43.1. The SMILES string of the molecule is CC12CC3(C)C4(C)CC(c5cnc6c(ccc7c(C#N)cccc76)c51)C243. The van der Waals surface area contributed by atoms with Crippen molar-refractivity contribution in [3.63, 3.8) is 0 Å². The van der Waals surface area contributed by atoms with Gasteiger partial charge in [-0.2, -0.15) is 5.26 Å². The number of hydrogen-bond donors (Lipinski definition) is 0. The van der Waals surface area contributed by atoms with Gasteiger partial charge < -0.3 is 0 Å². The quantitative estimate of drug-likeness (QED) is 0.513. The van der Waals surface area contributed by atoms with Gasteiger partial charge in [-0.15, -0.1) is 0 Å². The number of rotatable bonds is 0. The van der Waals surface area contributed by atoms with E-state index in [1.165, 1.54) is 23.8 Å². The van der Waals surface area contributed by atoms with Gasteiger partial charge in [0.15, 0.2) is 0 Å². The average Bonchev–Trinajstić information content (AvgIpc) is 2.81. The molecule has 5 unspecified atom stereocenters. The van der Waals surface area contributed by atoms with Crippen LogP contribution >= 0.6 is 0 Å². The molecule has 0 saturated heterocycles. The molecule has 3 fully saturated rings. The third kappa shape index (κ3) is 0.906. The molecule has 1 heterocycles. The van der Waals surface area contributed by atoms with Crippen molar-refractivity contribution >= 4 is 21.7 Å². The minimum Gasteiger partial charge on any atom is -0.255 e. The first kappa shape index (κ1) is 13.8. The number of fused-ring (bicyclic) bond motifs is 8. The van der Waals surface area contributed by atoms with Crippen molar-refractivity contribution in [1.29, 1.82) is 5.26 Å². The van der Waals surface area contributed by atoms with E-state index < -0.39 is 0 Å². The smallest absolute Gasteiger partial charge is 0.0998 e. The van der Waals surface area contributed by atoms with E-state index in [2.05, 4.69) is 51.2 Å². The van der Waals surface area contributed by atoms with E-state index in [-0.39, 0.29) is 0 Å². The van der Waals surface area contributed by atoms with Crippen molar-refractivity contribution in [3.05, 3.63) is 53.2 Å². The van der Waals surface area contributed by atoms with E-state index in [0.29, 0.717) is 27.6 Å². The summed E-state index contributed by atoms with van der Waals surface area (Å²) in [7, 11) is 0. The van der Waals surface area contributed by atoms with Crippen LogP contribution in [0.15, 0.2) is 36.5 Å². The molecule has 1 spiro atoms. The lowest BCUT2D eigenvalue weighted by Gasteiger charge is -2.52. The summed E-state index contributed by atoms with van der Waals surface area (Å²) < 4.78 is 0. The van der Waals surface area contributed by atoms with Crippen LogP contribution in [-0.2, 0) is 5.41 Å². The largest absolute Gasteiger partial charge is 0.255 e. The Labute approximate surface area is 152 Å². The maximum Gasteiger partial charge on any atom is 0.0998 e. The zero-order chi connectivity index (χ0) is 17.7. The lowest BCUT2D eigenvalue weighted by molar-refractivity contribution is 0.0211. The molecule has 3 saturated carbocycles. The van der Waals surface area contributed by atoms with Crippen molar-refractivity contribution in [1.82, 2.24) is 4.98 Å². The average molecular weight is 336 g/mol. The summed E-state index contributed by atoms with van der Waals surface area (Å²) in [4.78, 5) is 4.94. The van der Waals surface area contributed by atoms with E-state index in [0.717, 1.165) is 21.9 Å². The zero-order valence-corrected chi connectivity index (χ0v) is 15.4. The highest BCUT2D eigenvalue weighted by Crippen LogP contribution is 3.08. The second kappa shape index (κ2) is 3.41. The molecule has 0 radical (unpaired) electrons. The molecule has 0 aliphatic heterocycles. The summed E-state index contributed by atoms with van der Waals surface area (Å²) >= 11 is 0. The summed E-state index contributed by atoms with van der Waals surface area (Å²) in [5.41, 5.74) is 6.79. The molecule has 2 nitrogen and oxygen atoms in total. The monoisotopic (exact) mass is 336 g/mol. The number of hydrogen-bond acceptors (Lipinski definition) is 2. The first-order chi connectivity index (χ1) is 12.4. The molecule has 26 heavy (non-hydrogen) atoms. The summed E-state index contributed by atoms with van der Waals surface area (Å²) in [6.07, 6.45) is 4.83. The maximum absolute atomic E-state index is 9.46. The van der Waals surface area contributed by atoms with Crippen molar-refractivity contribution in [2.24, 2.45) is 16.2 Å².